The van der Waals surface area contributed by atoms with Gasteiger partial charge in [-0.1, -0.05) is 27.2 Å². The van der Waals surface area contributed by atoms with Crippen LogP contribution >= 0.6 is 0 Å². The molecule has 0 saturated carbocycles. The molecule has 3 N–H and O–H groups in total. The minimum Gasteiger partial charge on any atom is -0.481 e. The van der Waals surface area contributed by atoms with Crippen molar-refractivity contribution in [2.75, 3.05) is 0 Å². The van der Waals surface area contributed by atoms with Crippen molar-refractivity contribution in [3.05, 3.63) is 0 Å². The van der Waals surface area contributed by atoms with Gasteiger partial charge in [0.05, 0.1) is 0 Å². The monoisotopic (exact) mass is 233 g/mol. The highest BCUT2D eigenvalue weighted by Crippen LogP contribution is 2.16. The molecule has 0 heterocycles. The Kier molecular flexibility index (Phi) is 9.89. The van der Waals surface area contributed by atoms with Crippen molar-refractivity contribution in [2.24, 2.45) is 5.73 Å². The number of carboxylic acids is 1. The van der Waals surface area contributed by atoms with Gasteiger partial charge in [-0.25, -0.2) is 0 Å². The van der Waals surface area contributed by atoms with Crippen LogP contribution in [0.5, 0.6) is 0 Å². The number of carbonyl (C=O) groups excluding carboxylic acids is 1. The van der Waals surface area contributed by atoms with Crippen molar-refractivity contribution in [1.29, 1.82) is 0 Å². The maximum Gasteiger partial charge on any atom is 0.307 e. The van der Waals surface area contributed by atoms with E-state index in [1.54, 1.807) is 6.92 Å². The van der Waals surface area contributed by atoms with Crippen molar-refractivity contribution in [3.8, 4) is 0 Å². The Balaban J connectivity index is 0. The van der Waals surface area contributed by atoms with Crippen molar-refractivity contribution < 1.29 is 19.4 Å². The van der Waals surface area contributed by atoms with Gasteiger partial charge < -0.3 is 9.84 Å². The van der Waals surface area contributed by atoms with Crippen LogP contribution < -0.4 is 5.73 Å². The van der Waals surface area contributed by atoms with Gasteiger partial charge in [-0.3, -0.25) is 15.3 Å². The quantitative estimate of drug-likeness (QED) is 0.559. The van der Waals surface area contributed by atoms with Crippen LogP contribution in [0.15, 0.2) is 0 Å². The fourth-order valence-corrected chi connectivity index (χ4v) is 1.02. The number of rotatable bonds is 5. The molecule has 0 saturated heterocycles. The zero-order chi connectivity index (χ0) is 13.2. The molecule has 0 aliphatic carbocycles. The minimum atomic E-state index is -0.833. The molecular weight excluding hydrogens is 210 g/mol. The number of hydrogen-bond acceptors (Lipinski definition) is 4. The molecule has 0 amide bonds. The molecule has 0 aromatic carbocycles. The first kappa shape index (κ1) is 17.3. The van der Waals surface area contributed by atoms with Gasteiger partial charge in [0.1, 0.15) is 0 Å². The minimum absolute atomic E-state index is 0.215. The van der Waals surface area contributed by atoms with Gasteiger partial charge in [-0.2, -0.15) is 0 Å². The first-order valence-corrected chi connectivity index (χ1v) is 5.51. The Bertz CT molecular complexity index is 214. The van der Waals surface area contributed by atoms with E-state index in [1.165, 1.54) is 0 Å². The summed E-state index contributed by atoms with van der Waals surface area (Å²) in [5.41, 5.74) is 5.11. The molecule has 1 atom stereocenters. The van der Waals surface area contributed by atoms with Gasteiger partial charge in [0.25, 0.3) is 5.97 Å². The second-order valence-electron chi connectivity index (χ2n) is 3.51. The highest BCUT2D eigenvalue weighted by atomic mass is 16.6. The Morgan fingerprint density at radius 2 is 1.75 bits per heavy atom. The lowest BCUT2D eigenvalue weighted by molar-refractivity contribution is -0.160. The lowest BCUT2D eigenvalue weighted by Gasteiger charge is -2.27. The first-order valence-electron chi connectivity index (χ1n) is 5.51. The number of esters is 1. The molecule has 0 aromatic rings. The fourth-order valence-electron chi connectivity index (χ4n) is 1.02. The van der Waals surface area contributed by atoms with Crippen LogP contribution in [-0.2, 0) is 14.3 Å². The Morgan fingerprint density at radius 1 is 1.31 bits per heavy atom. The average molecular weight is 233 g/mol. The molecule has 5 heteroatoms. The van der Waals surface area contributed by atoms with Gasteiger partial charge >= 0.3 is 5.97 Å². The van der Waals surface area contributed by atoms with Gasteiger partial charge in [-0.05, 0) is 6.42 Å². The van der Waals surface area contributed by atoms with Crippen LogP contribution in [0.2, 0.25) is 0 Å². The summed E-state index contributed by atoms with van der Waals surface area (Å²) < 4.78 is 5.12. The van der Waals surface area contributed by atoms with E-state index in [-0.39, 0.29) is 5.97 Å². The van der Waals surface area contributed by atoms with Crippen LogP contribution in [0.3, 0.4) is 0 Å². The molecule has 0 aliphatic heterocycles. The first-order chi connectivity index (χ1) is 7.31. The third-order valence-corrected chi connectivity index (χ3v) is 1.88. The van der Waals surface area contributed by atoms with E-state index in [9.17, 15) is 4.79 Å². The fraction of sp³-hybridized carbons (Fsp3) is 0.818. The lowest BCUT2D eigenvalue weighted by Crippen LogP contribution is -2.43. The zero-order valence-corrected chi connectivity index (χ0v) is 10.6. The van der Waals surface area contributed by atoms with E-state index in [0.717, 1.165) is 19.8 Å². The predicted octanol–water partition coefficient (Wildman–Crippen LogP) is 1.90. The zero-order valence-electron chi connectivity index (χ0n) is 10.6. The molecule has 0 spiro atoms. The van der Waals surface area contributed by atoms with E-state index < -0.39 is 11.7 Å². The summed E-state index contributed by atoms with van der Waals surface area (Å²) >= 11 is 0. The van der Waals surface area contributed by atoms with Gasteiger partial charge in [0.15, 0.2) is 5.72 Å². The smallest absolute Gasteiger partial charge is 0.307 e. The lowest BCUT2D eigenvalue weighted by atomic mass is 10.1. The molecule has 96 valence electrons. The maximum absolute atomic E-state index is 11.0. The topological polar surface area (TPSA) is 89.6 Å². The van der Waals surface area contributed by atoms with E-state index >= 15 is 0 Å². The molecular formula is C11H23NO4. The van der Waals surface area contributed by atoms with E-state index in [2.05, 4.69) is 0 Å². The van der Waals surface area contributed by atoms with Crippen LogP contribution in [-0.4, -0.2) is 22.8 Å². The second-order valence-corrected chi connectivity index (χ2v) is 3.51. The van der Waals surface area contributed by atoms with E-state index in [1.807, 2.05) is 13.8 Å². The maximum atomic E-state index is 11.0. The van der Waals surface area contributed by atoms with Gasteiger partial charge in [0, 0.05) is 19.8 Å². The van der Waals surface area contributed by atoms with Gasteiger partial charge in [0.2, 0.25) is 0 Å². The van der Waals surface area contributed by atoms with E-state index in [0.29, 0.717) is 12.8 Å². The highest BCUT2D eigenvalue weighted by molar-refractivity contribution is 5.69. The van der Waals surface area contributed by atoms with Crippen LogP contribution in [0.4, 0.5) is 0 Å². The van der Waals surface area contributed by atoms with Crippen molar-refractivity contribution in [2.45, 2.75) is 59.1 Å². The summed E-state index contributed by atoms with van der Waals surface area (Å²) in [5, 5.41) is 7.42. The molecule has 5 nitrogen and oxygen atoms in total. The van der Waals surface area contributed by atoms with E-state index in [4.69, 9.17) is 20.4 Å². The normalized spacial score (nSPS) is 13.1. The number of carbonyl (C=O) groups is 2. The molecule has 0 aromatic heterocycles. The molecule has 0 fully saturated rings. The Hall–Kier alpha value is -1.10. The van der Waals surface area contributed by atoms with Crippen LogP contribution in [0.25, 0.3) is 0 Å². The summed E-state index contributed by atoms with van der Waals surface area (Å²) in [6.07, 6.45) is 2.73. The summed E-state index contributed by atoms with van der Waals surface area (Å²) in [5.74, 6) is -1.05. The molecule has 0 aliphatic rings. The third kappa shape index (κ3) is 11.0. The SMILES string of the molecule is CC(=O)O.CCCC(N)(CC)OC(=O)CC. The molecule has 1 unspecified atom stereocenters. The van der Waals surface area contributed by atoms with Crippen LogP contribution in [0.1, 0.15) is 53.4 Å². The van der Waals surface area contributed by atoms with Crippen molar-refractivity contribution in [3.63, 3.8) is 0 Å². The highest BCUT2D eigenvalue weighted by Gasteiger charge is 2.25. The number of hydrogen-bond donors (Lipinski definition) is 2. The predicted molar refractivity (Wildman–Crippen MR) is 61.8 cm³/mol. The largest absolute Gasteiger partial charge is 0.481 e. The Labute approximate surface area is 97.0 Å². The molecule has 0 radical (unpaired) electrons. The second kappa shape index (κ2) is 9.15. The van der Waals surface area contributed by atoms with Crippen molar-refractivity contribution in [1.82, 2.24) is 0 Å². The molecule has 0 bridgehead atoms. The molecule has 16 heavy (non-hydrogen) atoms. The third-order valence-electron chi connectivity index (χ3n) is 1.88. The molecule has 0 rings (SSSR count). The summed E-state index contributed by atoms with van der Waals surface area (Å²) in [6.45, 7) is 6.81. The number of ether oxygens (including phenoxy) is 1. The Morgan fingerprint density at radius 3 is 2.00 bits per heavy atom. The van der Waals surface area contributed by atoms with Gasteiger partial charge in [-0.15, -0.1) is 0 Å². The van der Waals surface area contributed by atoms with Crippen molar-refractivity contribution >= 4 is 11.9 Å². The summed E-state index contributed by atoms with van der Waals surface area (Å²) in [4.78, 5) is 20.0. The summed E-state index contributed by atoms with van der Waals surface area (Å²) in [7, 11) is 0. The average Bonchev–Trinajstić information content (AvgIpc) is 2.17. The number of nitrogens with two attached hydrogens (primary N) is 1. The number of carboxylic acid groups (broad SMARTS) is 1. The number of aliphatic carboxylic acids is 1. The van der Waals surface area contributed by atoms with Crippen LogP contribution in [0, 0.1) is 0 Å². The summed E-state index contributed by atoms with van der Waals surface area (Å²) in [6, 6.07) is 0. The standard InChI is InChI=1S/C9H19NO2.C2H4O2/c1-4-7-9(10,6-3)12-8(11)5-2;1-2(3)4/h4-7,10H2,1-3H3;1H3,(H,3,4).